The van der Waals surface area contributed by atoms with Gasteiger partial charge in [0.15, 0.2) is 5.78 Å². The van der Waals surface area contributed by atoms with Gasteiger partial charge in [0.25, 0.3) is 5.24 Å². The van der Waals surface area contributed by atoms with Gasteiger partial charge in [0, 0.05) is 22.2 Å². The summed E-state index contributed by atoms with van der Waals surface area (Å²) in [7, 11) is 0. The molecule has 2 aromatic carbocycles. The zero-order valence-electron chi connectivity index (χ0n) is 16.1. The number of nitrogens with zero attached hydrogens (tertiary/aromatic N) is 1. The number of hydrogen-bond donors (Lipinski definition) is 2. The molecule has 2 rings (SSSR count). The molecule has 0 aromatic heterocycles. The maximum Gasteiger partial charge on any atom is 0.253 e. The molecule has 0 spiro atoms. The smallest absolute Gasteiger partial charge is 0.253 e. The monoisotopic (exact) mass is 443 g/mol. The first-order chi connectivity index (χ1) is 12.1. The number of hydrogen-bond acceptors (Lipinski definition) is 5. The summed E-state index contributed by atoms with van der Waals surface area (Å²) in [6.07, 6.45) is 0. The fourth-order valence-electron chi connectivity index (χ4n) is 1.97. The molecule has 0 atom stereocenters. The highest BCUT2D eigenvalue weighted by Gasteiger charge is 2.19. The first-order valence-corrected chi connectivity index (χ1v) is 8.30. The van der Waals surface area contributed by atoms with Gasteiger partial charge in [-0.1, -0.05) is 12.1 Å². The molecule has 0 unspecified atom stereocenters. The van der Waals surface area contributed by atoms with Crippen molar-refractivity contribution >= 4 is 47.4 Å². The van der Waals surface area contributed by atoms with Crippen molar-refractivity contribution < 1.29 is 9.59 Å². The Kier molecular flexibility index (Phi) is 12.6. The van der Waals surface area contributed by atoms with Crippen LogP contribution in [-0.2, 0) is 0 Å². The van der Waals surface area contributed by atoms with E-state index in [1.54, 1.807) is 43.3 Å². The quantitative estimate of drug-likeness (QED) is 0.313. The second-order valence-corrected chi connectivity index (χ2v) is 7.03. The normalized spacial score (nSPS) is 9.61. The average Bonchev–Trinajstić information content (AvgIpc) is 2.61. The molecule has 0 saturated carbocycles. The number of ketones is 1. The lowest BCUT2D eigenvalue weighted by molar-refractivity contribution is 0.102. The molecule has 8 heteroatoms. The van der Waals surface area contributed by atoms with Crippen LogP contribution in [-0.4, -0.2) is 16.6 Å². The van der Waals surface area contributed by atoms with Crippen molar-refractivity contribution in [3.05, 3.63) is 70.3 Å². The van der Waals surface area contributed by atoms with Gasteiger partial charge in [-0.05, 0) is 75.2 Å². The SMILES string of the molecule is CC(C)(C)NN.Cc1cccc(C(=O)Cl)c1C(=O)c1ccc(C#N)cc1.Cl.Cl. The van der Waals surface area contributed by atoms with Crippen molar-refractivity contribution in [2.45, 2.75) is 33.2 Å². The molecule has 152 valence electrons. The fourth-order valence-corrected chi connectivity index (χ4v) is 2.13. The van der Waals surface area contributed by atoms with Gasteiger partial charge in [-0.3, -0.25) is 20.9 Å². The van der Waals surface area contributed by atoms with Crippen molar-refractivity contribution in [1.82, 2.24) is 5.43 Å². The van der Waals surface area contributed by atoms with Crippen molar-refractivity contribution in [3.63, 3.8) is 0 Å². The minimum atomic E-state index is -0.661. The van der Waals surface area contributed by atoms with E-state index in [1.807, 2.05) is 26.8 Å². The molecular formula is C20H24Cl3N3O2. The van der Waals surface area contributed by atoms with E-state index in [-0.39, 0.29) is 41.7 Å². The van der Waals surface area contributed by atoms with Crippen molar-refractivity contribution in [2.75, 3.05) is 0 Å². The van der Waals surface area contributed by atoms with Gasteiger partial charge in [0.05, 0.1) is 11.6 Å². The molecule has 0 radical (unpaired) electrons. The van der Waals surface area contributed by atoms with Crippen LogP contribution in [0.25, 0.3) is 0 Å². The Morgan fingerprint density at radius 3 is 1.96 bits per heavy atom. The van der Waals surface area contributed by atoms with E-state index in [1.165, 1.54) is 6.07 Å². The zero-order valence-corrected chi connectivity index (χ0v) is 18.5. The number of carbonyl (C=O) groups excluding carboxylic acids is 2. The second kappa shape index (κ2) is 12.5. The Hall–Kier alpha value is -1.94. The number of nitriles is 1. The van der Waals surface area contributed by atoms with E-state index in [0.717, 1.165) is 0 Å². The van der Waals surface area contributed by atoms with Crippen molar-refractivity contribution in [3.8, 4) is 6.07 Å². The van der Waals surface area contributed by atoms with E-state index in [4.69, 9.17) is 22.7 Å². The second-order valence-electron chi connectivity index (χ2n) is 6.68. The number of nitrogens with one attached hydrogen (secondary N) is 1. The number of carbonyl (C=O) groups is 2. The molecule has 0 amide bonds. The maximum absolute atomic E-state index is 12.5. The van der Waals surface area contributed by atoms with Crippen LogP contribution in [0.15, 0.2) is 42.5 Å². The van der Waals surface area contributed by atoms with E-state index in [2.05, 4.69) is 5.43 Å². The van der Waals surface area contributed by atoms with Crippen LogP contribution in [0.4, 0.5) is 0 Å². The number of halogens is 3. The van der Waals surface area contributed by atoms with Gasteiger partial charge in [-0.2, -0.15) is 5.26 Å². The summed E-state index contributed by atoms with van der Waals surface area (Å²) in [5.41, 5.74) is 4.74. The predicted molar refractivity (Wildman–Crippen MR) is 118 cm³/mol. The van der Waals surface area contributed by atoms with E-state index in [9.17, 15) is 9.59 Å². The minimum Gasteiger partial charge on any atom is -0.289 e. The van der Waals surface area contributed by atoms with Gasteiger partial charge in [-0.15, -0.1) is 24.8 Å². The molecule has 0 fully saturated rings. The molecular weight excluding hydrogens is 421 g/mol. The Labute approximate surface area is 183 Å². The first-order valence-electron chi connectivity index (χ1n) is 7.92. The van der Waals surface area contributed by atoms with E-state index >= 15 is 0 Å². The van der Waals surface area contributed by atoms with Crippen LogP contribution >= 0.6 is 36.4 Å². The van der Waals surface area contributed by atoms with Crippen LogP contribution in [0, 0.1) is 18.3 Å². The Bertz CT molecular complexity index is 839. The number of nitrogens with two attached hydrogens (primary N) is 1. The lowest BCUT2D eigenvalue weighted by Crippen LogP contribution is -2.41. The van der Waals surface area contributed by atoms with Crippen LogP contribution in [0.1, 0.15) is 58.2 Å². The van der Waals surface area contributed by atoms with Gasteiger partial charge in [-0.25, -0.2) is 0 Å². The largest absolute Gasteiger partial charge is 0.289 e. The average molecular weight is 445 g/mol. The highest BCUT2D eigenvalue weighted by atomic mass is 35.5. The Morgan fingerprint density at radius 2 is 1.57 bits per heavy atom. The van der Waals surface area contributed by atoms with Gasteiger partial charge >= 0.3 is 0 Å². The van der Waals surface area contributed by atoms with Crippen molar-refractivity contribution in [2.24, 2.45) is 5.84 Å². The number of benzene rings is 2. The molecule has 0 aliphatic rings. The van der Waals surface area contributed by atoms with Crippen LogP contribution in [0.5, 0.6) is 0 Å². The number of hydrazine groups is 1. The van der Waals surface area contributed by atoms with Gasteiger partial charge in [0.1, 0.15) is 0 Å². The minimum absolute atomic E-state index is 0. The lowest BCUT2D eigenvalue weighted by atomic mass is 9.94. The highest BCUT2D eigenvalue weighted by molar-refractivity contribution is 6.68. The Balaban J connectivity index is 0. The number of aryl methyl sites for hydroxylation is 1. The highest BCUT2D eigenvalue weighted by Crippen LogP contribution is 2.20. The van der Waals surface area contributed by atoms with Crippen LogP contribution < -0.4 is 11.3 Å². The van der Waals surface area contributed by atoms with Crippen molar-refractivity contribution in [1.29, 1.82) is 5.26 Å². The zero-order chi connectivity index (χ0) is 19.9. The summed E-state index contributed by atoms with van der Waals surface area (Å²) in [4.78, 5) is 23.9. The fraction of sp³-hybridized carbons (Fsp3) is 0.250. The predicted octanol–water partition coefficient (Wildman–Crippen LogP) is 4.57. The third-order valence-corrected chi connectivity index (χ3v) is 3.62. The third kappa shape index (κ3) is 8.39. The summed E-state index contributed by atoms with van der Waals surface area (Å²) in [5, 5.41) is 8.09. The maximum atomic E-state index is 12.5. The topological polar surface area (TPSA) is 96.0 Å². The van der Waals surface area contributed by atoms with E-state index < -0.39 is 5.24 Å². The molecule has 3 N–H and O–H groups in total. The summed E-state index contributed by atoms with van der Waals surface area (Å²) in [6.45, 7) is 7.77. The summed E-state index contributed by atoms with van der Waals surface area (Å²) >= 11 is 5.53. The van der Waals surface area contributed by atoms with E-state index in [0.29, 0.717) is 22.3 Å². The molecule has 0 heterocycles. The molecule has 0 aliphatic carbocycles. The Morgan fingerprint density at radius 1 is 1.07 bits per heavy atom. The molecule has 0 aliphatic heterocycles. The molecule has 28 heavy (non-hydrogen) atoms. The summed E-state index contributed by atoms with van der Waals surface area (Å²) < 4.78 is 0. The summed E-state index contributed by atoms with van der Waals surface area (Å²) in [6, 6.07) is 13.2. The first kappa shape index (κ1) is 28.3. The standard InChI is InChI=1S/C16H10ClNO2.C4H12N2.2ClH/c1-10-3-2-4-13(16(17)20)14(10)15(19)12-7-5-11(9-18)6-8-12;1-4(2,3)6-5;;/h2-8H,1H3;6H,5H2,1-3H3;2*1H. The lowest BCUT2D eigenvalue weighted by Gasteiger charge is -2.14. The van der Waals surface area contributed by atoms with Gasteiger partial charge < -0.3 is 0 Å². The molecule has 2 aromatic rings. The molecule has 0 bridgehead atoms. The molecule has 5 nitrogen and oxygen atoms in total. The van der Waals surface area contributed by atoms with Gasteiger partial charge in [0.2, 0.25) is 0 Å². The van der Waals surface area contributed by atoms with Crippen LogP contribution in [0.3, 0.4) is 0 Å². The van der Waals surface area contributed by atoms with Crippen LogP contribution in [0.2, 0.25) is 0 Å². The molecule has 0 saturated heterocycles. The third-order valence-electron chi connectivity index (χ3n) is 3.42. The number of rotatable bonds is 3. The summed E-state index contributed by atoms with van der Waals surface area (Å²) in [5.74, 6) is 4.77.